The molecular weight excluding hydrogens is 180 g/mol. The van der Waals surface area contributed by atoms with E-state index < -0.39 is 0 Å². The van der Waals surface area contributed by atoms with Gasteiger partial charge >= 0.3 is 5.97 Å². The van der Waals surface area contributed by atoms with Gasteiger partial charge < -0.3 is 9.47 Å². The number of carbonyl (C=O) groups excluding carboxylic acids is 1. The molecule has 2 fully saturated rings. The van der Waals surface area contributed by atoms with Gasteiger partial charge in [0.2, 0.25) is 0 Å². The maximum Gasteiger partial charge on any atom is 0.305 e. The van der Waals surface area contributed by atoms with Crippen LogP contribution in [0.25, 0.3) is 0 Å². The highest BCUT2D eigenvalue weighted by Gasteiger charge is 2.55. The van der Waals surface area contributed by atoms with Crippen LogP contribution in [0.15, 0.2) is 0 Å². The Bertz CT molecular complexity index is 239. The lowest BCUT2D eigenvalue weighted by molar-refractivity contribution is -0.144. The minimum Gasteiger partial charge on any atom is -0.465 e. The van der Waals surface area contributed by atoms with Crippen molar-refractivity contribution < 1.29 is 14.3 Å². The second-order valence-electron chi connectivity index (χ2n) is 4.60. The standard InChI is InChI=1S/C11H18O3/c1-3-10(12)13-7-8-4-5-11(2)9(6-8)14-11/h8-9H,3-7H2,1-2H3. The van der Waals surface area contributed by atoms with E-state index in [1.807, 2.05) is 6.92 Å². The zero-order valence-corrected chi connectivity index (χ0v) is 8.91. The van der Waals surface area contributed by atoms with E-state index in [0.717, 1.165) is 19.3 Å². The van der Waals surface area contributed by atoms with Crippen molar-refractivity contribution in [2.45, 2.75) is 51.2 Å². The van der Waals surface area contributed by atoms with Crippen molar-refractivity contribution in [1.82, 2.24) is 0 Å². The van der Waals surface area contributed by atoms with E-state index in [-0.39, 0.29) is 11.6 Å². The van der Waals surface area contributed by atoms with Crippen LogP contribution in [0.5, 0.6) is 0 Å². The fraction of sp³-hybridized carbons (Fsp3) is 0.909. The van der Waals surface area contributed by atoms with Gasteiger partial charge in [-0.15, -0.1) is 0 Å². The smallest absolute Gasteiger partial charge is 0.305 e. The zero-order valence-electron chi connectivity index (χ0n) is 8.91. The van der Waals surface area contributed by atoms with Crippen LogP contribution in [-0.4, -0.2) is 24.3 Å². The number of hydrogen-bond acceptors (Lipinski definition) is 3. The van der Waals surface area contributed by atoms with Crippen LogP contribution >= 0.6 is 0 Å². The Morgan fingerprint density at radius 2 is 2.43 bits per heavy atom. The summed E-state index contributed by atoms with van der Waals surface area (Å²) in [4.78, 5) is 11.0. The van der Waals surface area contributed by atoms with Gasteiger partial charge in [0.15, 0.2) is 0 Å². The summed E-state index contributed by atoms with van der Waals surface area (Å²) in [6, 6.07) is 0. The molecule has 80 valence electrons. The topological polar surface area (TPSA) is 38.8 Å². The molecule has 14 heavy (non-hydrogen) atoms. The lowest BCUT2D eigenvalue weighted by atomic mass is 9.83. The van der Waals surface area contributed by atoms with Gasteiger partial charge in [-0.1, -0.05) is 6.92 Å². The summed E-state index contributed by atoms with van der Waals surface area (Å²) in [5.41, 5.74) is 0.172. The Kier molecular flexibility index (Phi) is 2.52. The third-order valence-corrected chi connectivity index (χ3v) is 3.40. The van der Waals surface area contributed by atoms with Crippen molar-refractivity contribution in [3.05, 3.63) is 0 Å². The zero-order chi connectivity index (χ0) is 10.2. The second kappa shape index (κ2) is 3.54. The van der Waals surface area contributed by atoms with E-state index in [9.17, 15) is 4.79 Å². The number of fused-ring (bicyclic) bond motifs is 1. The first-order valence-electron chi connectivity index (χ1n) is 5.47. The molecule has 3 heteroatoms. The summed E-state index contributed by atoms with van der Waals surface area (Å²) in [6.45, 7) is 4.58. The molecule has 1 saturated carbocycles. The molecule has 2 aliphatic rings. The monoisotopic (exact) mass is 198 g/mol. The third-order valence-electron chi connectivity index (χ3n) is 3.40. The summed E-state index contributed by atoms with van der Waals surface area (Å²) < 4.78 is 10.7. The molecule has 1 aliphatic heterocycles. The molecule has 0 radical (unpaired) electrons. The lowest BCUT2D eigenvalue weighted by Crippen LogP contribution is -2.25. The van der Waals surface area contributed by atoms with Gasteiger partial charge in [0.05, 0.1) is 18.3 Å². The highest BCUT2D eigenvalue weighted by atomic mass is 16.6. The van der Waals surface area contributed by atoms with Gasteiger partial charge in [0, 0.05) is 6.42 Å². The van der Waals surface area contributed by atoms with E-state index in [2.05, 4.69) is 6.92 Å². The predicted molar refractivity (Wildman–Crippen MR) is 51.9 cm³/mol. The molecule has 1 saturated heterocycles. The van der Waals surface area contributed by atoms with Crippen molar-refractivity contribution in [2.24, 2.45) is 5.92 Å². The van der Waals surface area contributed by atoms with Crippen LogP contribution in [0.4, 0.5) is 0 Å². The van der Waals surface area contributed by atoms with E-state index in [0.29, 0.717) is 25.0 Å². The van der Waals surface area contributed by atoms with Gasteiger partial charge in [0.25, 0.3) is 0 Å². The van der Waals surface area contributed by atoms with Crippen LogP contribution in [0.2, 0.25) is 0 Å². The number of carbonyl (C=O) groups is 1. The summed E-state index contributed by atoms with van der Waals surface area (Å²) in [7, 11) is 0. The molecule has 0 aromatic carbocycles. The Balaban J connectivity index is 1.71. The van der Waals surface area contributed by atoms with Gasteiger partial charge in [-0.3, -0.25) is 4.79 Å². The normalized spacial score (nSPS) is 40.1. The first-order chi connectivity index (χ1) is 6.64. The minimum atomic E-state index is -0.0879. The minimum absolute atomic E-state index is 0.0879. The highest BCUT2D eigenvalue weighted by Crippen LogP contribution is 2.49. The number of epoxide rings is 1. The molecule has 2 rings (SSSR count). The molecule has 0 N–H and O–H groups in total. The Hall–Kier alpha value is -0.570. The van der Waals surface area contributed by atoms with Crippen molar-refractivity contribution in [3.8, 4) is 0 Å². The third kappa shape index (κ3) is 1.92. The molecule has 0 aromatic heterocycles. The molecule has 0 bridgehead atoms. The lowest BCUT2D eigenvalue weighted by Gasteiger charge is -2.21. The number of ether oxygens (including phenoxy) is 2. The van der Waals surface area contributed by atoms with Gasteiger partial charge in [-0.25, -0.2) is 0 Å². The van der Waals surface area contributed by atoms with Crippen LogP contribution in [0, 0.1) is 5.92 Å². The predicted octanol–water partition coefficient (Wildman–Crippen LogP) is 1.90. The molecular formula is C11H18O3. The average molecular weight is 198 g/mol. The van der Waals surface area contributed by atoms with E-state index in [4.69, 9.17) is 9.47 Å². The SMILES string of the molecule is CCC(=O)OCC1CCC2(C)OC2C1. The quantitative estimate of drug-likeness (QED) is 0.513. The molecule has 0 amide bonds. The maximum atomic E-state index is 11.0. The van der Waals surface area contributed by atoms with Crippen molar-refractivity contribution >= 4 is 5.97 Å². The Labute approximate surface area is 84.8 Å². The van der Waals surface area contributed by atoms with Crippen molar-refractivity contribution in [1.29, 1.82) is 0 Å². The van der Waals surface area contributed by atoms with E-state index >= 15 is 0 Å². The fourth-order valence-corrected chi connectivity index (χ4v) is 2.18. The number of rotatable bonds is 3. The molecule has 1 heterocycles. The van der Waals surface area contributed by atoms with Crippen LogP contribution in [0.1, 0.15) is 39.5 Å². The molecule has 3 atom stereocenters. The van der Waals surface area contributed by atoms with Gasteiger partial charge in [-0.2, -0.15) is 0 Å². The summed E-state index contributed by atoms with van der Waals surface area (Å²) in [6.07, 6.45) is 4.22. The van der Waals surface area contributed by atoms with E-state index in [1.165, 1.54) is 0 Å². The van der Waals surface area contributed by atoms with Crippen LogP contribution in [-0.2, 0) is 14.3 Å². The summed E-state index contributed by atoms with van der Waals surface area (Å²) >= 11 is 0. The highest BCUT2D eigenvalue weighted by molar-refractivity contribution is 5.68. The Morgan fingerprint density at radius 1 is 1.64 bits per heavy atom. The largest absolute Gasteiger partial charge is 0.465 e. The van der Waals surface area contributed by atoms with Crippen molar-refractivity contribution in [2.75, 3.05) is 6.61 Å². The molecule has 1 aliphatic carbocycles. The Morgan fingerprint density at radius 3 is 3.07 bits per heavy atom. The first-order valence-corrected chi connectivity index (χ1v) is 5.47. The van der Waals surface area contributed by atoms with Crippen LogP contribution in [0.3, 0.4) is 0 Å². The van der Waals surface area contributed by atoms with Crippen LogP contribution < -0.4 is 0 Å². The fourth-order valence-electron chi connectivity index (χ4n) is 2.18. The maximum absolute atomic E-state index is 11.0. The number of esters is 1. The molecule has 0 aromatic rings. The molecule has 0 spiro atoms. The molecule has 3 unspecified atom stereocenters. The average Bonchev–Trinajstić information content (AvgIpc) is 2.85. The van der Waals surface area contributed by atoms with Gasteiger partial charge in [0.1, 0.15) is 0 Å². The summed E-state index contributed by atoms with van der Waals surface area (Å²) in [5.74, 6) is 0.432. The van der Waals surface area contributed by atoms with Crippen molar-refractivity contribution in [3.63, 3.8) is 0 Å². The van der Waals surface area contributed by atoms with E-state index in [1.54, 1.807) is 0 Å². The first kappa shape index (κ1) is 9.97. The number of hydrogen-bond donors (Lipinski definition) is 0. The molecule has 3 nitrogen and oxygen atoms in total. The van der Waals surface area contributed by atoms with Gasteiger partial charge in [-0.05, 0) is 32.1 Å². The summed E-state index contributed by atoms with van der Waals surface area (Å²) in [5, 5.41) is 0. The second-order valence-corrected chi connectivity index (χ2v) is 4.60.